The topological polar surface area (TPSA) is 81.0 Å². The highest BCUT2D eigenvalue weighted by Crippen LogP contribution is 2.24. The van der Waals surface area contributed by atoms with Gasteiger partial charge in [0.2, 0.25) is 0 Å². The zero-order chi connectivity index (χ0) is 12.1. The maximum atomic E-state index is 11.6. The third-order valence-corrected chi connectivity index (χ3v) is 3.23. The standard InChI is InChI=1S/C12H19N3O2/c13-11(5-10-6-14-8-15-10)12(16)17-7-9-3-1-2-4-9/h6,8-9,11H,1-5,7,13H2,(H,14,15). The molecule has 1 saturated carbocycles. The first kappa shape index (κ1) is 12.1. The lowest BCUT2D eigenvalue weighted by atomic mass is 10.1. The van der Waals surface area contributed by atoms with E-state index in [0.717, 1.165) is 5.69 Å². The van der Waals surface area contributed by atoms with Crippen LogP contribution >= 0.6 is 0 Å². The molecule has 1 aromatic rings. The van der Waals surface area contributed by atoms with E-state index in [1.54, 1.807) is 12.5 Å². The van der Waals surface area contributed by atoms with Crippen molar-refractivity contribution < 1.29 is 9.53 Å². The number of H-pyrrole nitrogens is 1. The van der Waals surface area contributed by atoms with E-state index in [4.69, 9.17) is 10.5 Å². The van der Waals surface area contributed by atoms with Crippen LogP contribution in [-0.4, -0.2) is 28.6 Å². The Hall–Kier alpha value is -1.36. The first-order chi connectivity index (χ1) is 8.25. The number of esters is 1. The Labute approximate surface area is 101 Å². The summed E-state index contributed by atoms with van der Waals surface area (Å²) < 4.78 is 5.24. The highest BCUT2D eigenvalue weighted by molar-refractivity contribution is 5.75. The van der Waals surface area contributed by atoms with Gasteiger partial charge in [0.1, 0.15) is 6.04 Å². The molecular formula is C12H19N3O2. The number of carbonyl (C=O) groups is 1. The molecule has 1 fully saturated rings. The van der Waals surface area contributed by atoms with Crippen molar-refractivity contribution in [3.63, 3.8) is 0 Å². The largest absolute Gasteiger partial charge is 0.464 e. The van der Waals surface area contributed by atoms with Crippen molar-refractivity contribution in [3.8, 4) is 0 Å². The van der Waals surface area contributed by atoms with Gasteiger partial charge >= 0.3 is 5.97 Å². The molecule has 0 amide bonds. The Morgan fingerprint density at radius 1 is 1.59 bits per heavy atom. The molecule has 17 heavy (non-hydrogen) atoms. The molecule has 0 aromatic carbocycles. The number of nitrogens with zero attached hydrogens (tertiary/aromatic N) is 1. The molecule has 0 bridgehead atoms. The second kappa shape index (κ2) is 5.82. The smallest absolute Gasteiger partial charge is 0.323 e. The van der Waals surface area contributed by atoms with Crippen LogP contribution in [0.4, 0.5) is 0 Å². The average Bonchev–Trinajstić information content (AvgIpc) is 2.98. The average molecular weight is 237 g/mol. The number of nitrogens with two attached hydrogens (primary N) is 1. The van der Waals surface area contributed by atoms with E-state index >= 15 is 0 Å². The normalized spacial score (nSPS) is 18.2. The van der Waals surface area contributed by atoms with Gasteiger partial charge in [-0.2, -0.15) is 0 Å². The second-order valence-corrected chi connectivity index (χ2v) is 4.67. The van der Waals surface area contributed by atoms with Crippen LogP contribution < -0.4 is 5.73 Å². The summed E-state index contributed by atoms with van der Waals surface area (Å²) in [5.74, 6) is 0.227. The van der Waals surface area contributed by atoms with Gasteiger partial charge in [-0.1, -0.05) is 12.8 Å². The maximum Gasteiger partial charge on any atom is 0.323 e. The van der Waals surface area contributed by atoms with E-state index in [2.05, 4.69) is 9.97 Å². The van der Waals surface area contributed by atoms with Crippen molar-refractivity contribution in [1.82, 2.24) is 9.97 Å². The van der Waals surface area contributed by atoms with E-state index in [1.807, 2.05) is 0 Å². The minimum atomic E-state index is -0.600. The third kappa shape index (κ3) is 3.56. The molecule has 5 heteroatoms. The Bertz CT molecular complexity index is 345. The van der Waals surface area contributed by atoms with Gasteiger partial charge in [-0.25, -0.2) is 4.98 Å². The first-order valence-corrected chi connectivity index (χ1v) is 6.15. The van der Waals surface area contributed by atoms with Gasteiger partial charge in [-0.15, -0.1) is 0 Å². The van der Waals surface area contributed by atoms with Crippen LogP contribution in [0.1, 0.15) is 31.4 Å². The number of ether oxygens (including phenoxy) is 1. The van der Waals surface area contributed by atoms with Gasteiger partial charge in [0, 0.05) is 18.3 Å². The number of aromatic amines is 1. The summed E-state index contributed by atoms with van der Waals surface area (Å²) in [7, 11) is 0. The molecule has 1 unspecified atom stereocenters. The molecule has 5 nitrogen and oxygen atoms in total. The number of rotatable bonds is 5. The summed E-state index contributed by atoms with van der Waals surface area (Å²) in [6.07, 6.45) is 8.54. The van der Waals surface area contributed by atoms with Crippen molar-refractivity contribution in [1.29, 1.82) is 0 Å². The SMILES string of the molecule is NC(Cc1cnc[nH]1)C(=O)OCC1CCCC1. The van der Waals surface area contributed by atoms with Crippen LogP contribution in [0.5, 0.6) is 0 Å². The Kier molecular flexibility index (Phi) is 4.14. The van der Waals surface area contributed by atoms with Gasteiger partial charge in [0.25, 0.3) is 0 Å². The Morgan fingerprint density at radius 2 is 2.35 bits per heavy atom. The van der Waals surface area contributed by atoms with Crippen LogP contribution in [-0.2, 0) is 16.0 Å². The van der Waals surface area contributed by atoms with Gasteiger partial charge in [-0.05, 0) is 18.8 Å². The van der Waals surface area contributed by atoms with E-state index in [9.17, 15) is 4.79 Å². The molecule has 94 valence electrons. The molecule has 2 rings (SSSR count). The number of imidazole rings is 1. The summed E-state index contributed by atoms with van der Waals surface area (Å²) in [4.78, 5) is 18.4. The Morgan fingerprint density at radius 3 is 3.00 bits per heavy atom. The van der Waals surface area contributed by atoms with Crippen LogP contribution in [0.25, 0.3) is 0 Å². The van der Waals surface area contributed by atoms with Crippen molar-refractivity contribution in [3.05, 3.63) is 18.2 Å². The number of aromatic nitrogens is 2. The molecule has 0 aliphatic heterocycles. The van der Waals surface area contributed by atoms with Crippen LogP contribution in [0.3, 0.4) is 0 Å². The lowest BCUT2D eigenvalue weighted by molar-refractivity contribution is -0.146. The minimum absolute atomic E-state index is 0.313. The summed E-state index contributed by atoms with van der Waals surface area (Å²) >= 11 is 0. The van der Waals surface area contributed by atoms with Crippen molar-refractivity contribution in [2.75, 3.05) is 6.61 Å². The minimum Gasteiger partial charge on any atom is -0.464 e. The summed E-state index contributed by atoms with van der Waals surface area (Å²) in [6.45, 7) is 0.523. The zero-order valence-corrected chi connectivity index (χ0v) is 9.89. The second-order valence-electron chi connectivity index (χ2n) is 4.67. The van der Waals surface area contributed by atoms with Crippen LogP contribution in [0.2, 0.25) is 0 Å². The predicted octanol–water partition coefficient (Wildman–Crippen LogP) is 1.01. The molecule has 1 aliphatic carbocycles. The van der Waals surface area contributed by atoms with Crippen molar-refractivity contribution in [2.45, 2.75) is 38.1 Å². The van der Waals surface area contributed by atoms with E-state index in [0.29, 0.717) is 18.9 Å². The summed E-state index contributed by atoms with van der Waals surface area (Å²) in [5, 5.41) is 0. The number of nitrogens with one attached hydrogen (secondary N) is 1. The van der Waals surface area contributed by atoms with Gasteiger partial charge in [0.05, 0.1) is 12.9 Å². The molecule has 0 radical (unpaired) electrons. The number of hydrogen-bond donors (Lipinski definition) is 2. The highest BCUT2D eigenvalue weighted by Gasteiger charge is 2.20. The predicted molar refractivity (Wildman–Crippen MR) is 63.2 cm³/mol. The molecule has 1 heterocycles. The molecule has 1 aromatic heterocycles. The van der Waals surface area contributed by atoms with Crippen LogP contribution in [0, 0.1) is 5.92 Å². The van der Waals surface area contributed by atoms with Crippen molar-refractivity contribution in [2.24, 2.45) is 11.7 Å². The van der Waals surface area contributed by atoms with Crippen LogP contribution in [0.15, 0.2) is 12.5 Å². The lowest BCUT2D eigenvalue weighted by Gasteiger charge is -2.13. The van der Waals surface area contributed by atoms with E-state index in [-0.39, 0.29) is 5.97 Å². The fourth-order valence-corrected chi connectivity index (χ4v) is 2.20. The summed E-state index contributed by atoms with van der Waals surface area (Å²) in [5.41, 5.74) is 6.63. The highest BCUT2D eigenvalue weighted by atomic mass is 16.5. The van der Waals surface area contributed by atoms with Crippen molar-refractivity contribution >= 4 is 5.97 Å². The number of carbonyl (C=O) groups excluding carboxylic acids is 1. The van der Waals surface area contributed by atoms with Gasteiger partial charge in [-0.3, -0.25) is 4.79 Å². The van der Waals surface area contributed by atoms with E-state index < -0.39 is 6.04 Å². The number of hydrogen-bond acceptors (Lipinski definition) is 4. The Balaban J connectivity index is 1.71. The molecule has 0 spiro atoms. The van der Waals surface area contributed by atoms with Gasteiger partial charge < -0.3 is 15.5 Å². The third-order valence-electron chi connectivity index (χ3n) is 3.23. The molecule has 3 N–H and O–H groups in total. The quantitative estimate of drug-likeness (QED) is 0.749. The summed E-state index contributed by atoms with van der Waals surface area (Å²) in [6, 6.07) is -0.600. The molecular weight excluding hydrogens is 218 g/mol. The molecule has 1 atom stereocenters. The first-order valence-electron chi connectivity index (χ1n) is 6.15. The molecule has 0 saturated heterocycles. The maximum absolute atomic E-state index is 11.6. The fraction of sp³-hybridized carbons (Fsp3) is 0.667. The lowest BCUT2D eigenvalue weighted by Crippen LogP contribution is -2.35. The fourth-order valence-electron chi connectivity index (χ4n) is 2.20. The zero-order valence-electron chi connectivity index (χ0n) is 9.89. The van der Waals surface area contributed by atoms with E-state index in [1.165, 1.54) is 25.7 Å². The monoisotopic (exact) mass is 237 g/mol. The van der Waals surface area contributed by atoms with Gasteiger partial charge in [0.15, 0.2) is 0 Å². The molecule has 1 aliphatic rings.